The predicted octanol–water partition coefficient (Wildman–Crippen LogP) is 2.55. The maximum atomic E-state index is 6.13. The molecular weight excluding hydrogens is 250 g/mol. The van der Waals surface area contributed by atoms with Gasteiger partial charge in [-0.1, -0.05) is 12.1 Å². The highest BCUT2D eigenvalue weighted by Gasteiger charge is 2.06. The zero-order valence-electron chi connectivity index (χ0n) is 12.2. The molecule has 108 valence electrons. The third-order valence-corrected chi connectivity index (χ3v) is 3.26. The molecule has 0 aliphatic heterocycles. The summed E-state index contributed by atoms with van der Waals surface area (Å²) < 4.78 is 7.64. The van der Waals surface area contributed by atoms with Crippen LogP contribution >= 0.6 is 0 Å². The minimum absolute atomic E-state index is 0.106. The van der Waals surface area contributed by atoms with Crippen molar-refractivity contribution in [2.75, 3.05) is 6.61 Å². The number of hydrogen-bond acceptors (Lipinski definition) is 3. The highest BCUT2D eigenvalue weighted by atomic mass is 16.5. The van der Waals surface area contributed by atoms with Gasteiger partial charge in [0.2, 0.25) is 0 Å². The summed E-state index contributed by atoms with van der Waals surface area (Å²) in [5.74, 6) is 0.913. The van der Waals surface area contributed by atoms with Gasteiger partial charge in [-0.3, -0.25) is 4.68 Å². The number of nitrogens with zero attached hydrogens (tertiary/aromatic N) is 2. The van der Waals surface area contributed by atoms with E-state index in [1.165, 1.54) is 11.1 Å². The molecule has 0 spiro atoms. The molecule has 2 N–H and O–H groups in total. The fraction of sp³-hybridized carbons (Fsp3) is 0.438. The van der Waals surface area contributed by atoms with E-state index in [1.807, 2.05) is 29.1 Å². The molecule has 1 unspecified atom stereocenters. The molecule has 0 amide bonds. The second-order valence-corrected chi connectivity index (χ2v) is 5.12. The minimum Gasteiger partial charge on any atom is -0.494 e. The zero-order valence-corrected chi connectivity index (χ0v) is 12.2. The minimum atomic E-state index is 0.106. The molecule has 4 nitrogen and oxygen atoms in total. The number of nitrogens with two attached hydrogens (primary N) is 1. The number of benzene rings is 1. The topological polar surface area (TPSA) is 53.1 Å². The lowest BCUT2D eigenvalue weighted by Crippen LogP contribution is -2.25. The van der Waals surface area contributed by atoms with E-state index >= 15 is 0 Å². The molecule has 20 heavy (non-hydrogen) atoms. The Morgan fingerprint density at radius 2 is 2.25 bits per heavy atom. The third-order valence-electron chi connectivity index (χ3n) is 3.26. The quantitative estimate of drug-likeness (QED) is 0.843. The van der Waals surface area contributed by atoms with Gasteiger partial charge in [0, 0.05) is 18.8 Å². The first-order chi connectivity index (χ1) is 9.67. The van der Waals surface area contributed by atoms with Crippen LogP contribution < -0.4 is 10.5 Å². The fourth-order valence-electron chi connectivity index (χ4n) is 2.12. The van der Waals surface area contributed by atoms with E-state index in [-0.39, 0.29) is 6.04 Å². The lowest BCUT2D eigenvalue weighted by atomic mass is 10.1. The van der Waals surface area contributed by atoms with Crippen molar-refractivity contribution < 1.29 is 4.74 Å². The van der Waals surface area contributed by atoms with Crippen LogP contribution in [-0.2, 0) is 13.0 Å². The van der Waals surface area contributed by atoms with Crippen LogP contribution in [0.15, 0.2) is 36.7 Å². The van der Waals surface area contributed by atoms with Gasteiger partial charge in [-0.25, -0.2) is 0 Å². The first-order valence-corrected chi connectivity index (χ1v) is 7.13. The van der Waals surface area contributed by atoms with E-state index in [0.29, 0.717) is 6.61 Å². The van der Waals surface area contributed by atoms with Gasteiger partial charge < -0.3 is 10.5 Å². The van der Waals surface area contributed by atoms with E-state index in [4.69, 9.17) is 10.5 Å². The summed E-state index contributed by atoms with van der Waals surface area (Å²) in [5, 5.41) is 4.26. The van der Waals surface area contributed by atoms with Gasteiger partial charge in [0.15, 0.2) is 0 Å². The smallest absolute Gasteiger partial charge is 0.119 e. The summed E-state index contributed by atoms with van der Waals surface area (Å²) >= 11 is 0. The molecule has 0 saturated heterocycles. The van der Waals surface area contributed by atoms with Crippen LogP contribution in [0.4, 0.5) is 0 Å². The number of hydrogen-bond donors (Lipinski definition) is 1. The van der Waals surface area contributed by atoms with Crippen molar-refractivity contribution in [2.24, 2.45) is 5.73 Å². The molecule has 0 bridgehead atoms. The molecule has 0 aliphatic rings. The molecule has 0 saturated carbocycles. The van der Waals surface area contributed by atoms with Crippen LogP contribution in [0, 0.1) is 6.92 Å². The van der Waals surface area contributed by atoms with Crippen molar-refractivity contribution in [2.45, 2.75) is 39.3 Å². The second kappa shape index (κ2) is 7.10. The first kappa shape index (κ1) is 14.6. The van der Waals surface area contributed by atoms with E-state index < -0.39 is 0 Å². The molecule has 0 aliphatic carbocycles. The van der Waals surface area contributed by atoms with Crippen molar-refractivity contribution in [1.82, 2.24) is 9.78 Å². The molecular formula is C16H23N3O. The van der Waals surface area contributed by atoms with Crippen molar-refractivity contribution in [3.63, 3.8) is 0 Å². The highest BCUT2D eigenvalue weighted by Crippen LogP contribution is 2.13. The molecule has 1 heterocycles. The maximum Gasteiger partial charge on any atom is 0.119 e. The van der Waals surface area contributed by atoms with Gasteiger partial charge in [0.05, 0.1) is 12.8 Å². The predicted molar refractivity (Wildman–Crippen MR) is 80.9 cm³/mol. The Labute approximate surface area is 120 Å². The van der Waals surface area contributed by atoms with Gasteiger partial charge in [-0.05, 0) is 49.9 Å². The maximum absolute atomic E-state index is 6.13. The summed E-state index contributed by atoms with van der Waals surface area (Å²) in [7, 11) is 0. The van der Waals surface area contributed by atoms with Gasteiger partial charge >= 0.3 is 0 Å². The van der Waals surface area contributed by atoms with Gasteiger partial charge in [0.25, 0.3) is 0 Å². The molecule has 2 aromatic rings. The molecule has 1 atom stereocenters. The molecule has 2 rings (SSSR count). The summed E-state index contributed by atoms with van der Waals surface area (Å²) in [4.78, 5) is 0. The average molecular weight is 273 g/mol. The Kier molecular flexibility index (Phi) is 5.18. The SMILES string of the molecule is CCn1cc(CC(N)CCOc2cccc(C)c2)cn1. The Hall–Kier alpha value is -1.81. The zero-order chi connectivity index (χ0) is 14.4. The average Bonchev–Trinajstić information content (AvgIpc) is 2.86. The number of aromatic nitrogens is 2. The largest absolute Gasteiger partial charge is 0.494 e. The van der Waals surface area contributed by atoms with Gasteiger partial charge in [-0.2, -0.15) is 5.10 Å². The summed E-state index contributed by atoms with van der Waals surface area (Å²) in [6.45, 7) is 5.68. The second-order valence-electron chi connectivity index (χ2n) is 5.12. The van der Waals surface area contributed by atoms with Crippen LogP contribution in [-0.4, -0.2) is 22.4 Å². The van der Waals surface area contributed by atoms with Crippen molar-refractivity contribution in [1.29, 1.82) is 0 Å². The van der Waals surface area contributed by atoms with Crippen LogP contribution in [0.2, 0.25) is 0 Å². The lowest BCUT2D eigenvalue weighted by molar-refractivity contribution is 0.297. The fourth-order valence-corrected chi connectivity index (χ4v) is 2.12. The summed E-state index contributed by atoms with van der Waals surface area (Å²) in [5.41, 5.74) is 8.53. The monoisotopic (exact) mass is 273 g/mol. The normalized spacial score (nSPS) is 12.3. The number of ether oxygens (including phenoxy) is 1. The Balaban J connectivity index is 1.73. The highest BCUT2D eigenvalue weighted by molar-refractivity contribution is 5.27. The van der Waals surface area contributed by atoms with Crippen LogP contribution in [0.25, 0.3) is 0 Å². The van der Waals surface area contributed by atoms with Crippen LogP contribution in [0.5, 0.6) is 5.75 Å². The number of aryl methyl sites for hydroxylation is 2. The first-order valence-electron chi connectivity index (χ1n) is 7.13. The van der Waals surface area contributed by atoms with E-state index in [9.17, 15) is 0 Å². The molecule has 0 fully saturated rings. The Bertz CT molecular complexity index is 536. The molecule has 0 radical (unpaired) electrons. The van der Waals surface area contributed by atoms with Crippen LogP contribution in [0.1, 0.15) is 24.5 Å². The standard InChI is InChI=1S/C16H23N3O/c1-3-19-12-14(11-18-19)10-15(17)7-8-20-16-6-4-5-13(2)9-16/h4-6,9,11-12,15H,3,7-8,10,17H2,1-2H3. The Morgan fingerprint density at radius 3 is 2.95 bits per heavy atom. The molecule has 1 aromatic heterocycles. The van der Waals surface area contributed by atoms with E-state index in [2.05, 4.69) is 31.2 Å². The van der Waals surface area contributed by atoms with Crippen LogP contribution in [0.3, 0.4) is 0 Å². The summed E-state index contributed by atoms with van der Waals surface area (Å²) in [6, 6.07) is 8.18. The molecule has 1 aromatic carbocycles. The van der Waals surface area contributed by atoms with Gasteiger partial charge in [-0.15, -0.1) is 0 Å². The lowest BCUT2D eigenvalue weighted by Gasteiger charge is -2.11. The summed E-state index contributed by atoms with van der Waals surface area (Å²) in [6.07, 6.45) is 5.63. The van der Waals surface area contributed by atoms with Crippen molar-refractivity contribution in [3.8, 4) is 5.75 Å². The number of rotatable bonds is 7. The van der Waals surface area contributed by atoms with E-state index in [1.54, 1.807) is 0 Å². The van der Waals surface area contributed by atoms with E-state index in [0.717, 1.165) is 25.1 Å². The van der Waals surface area contributed by atoms with Crippen molar-refractivity contribution >= 4 is 0 Å². The molecule has 4 heteroatoms. The Morgan fingerprint density at radius 1 is 1.40 bits per heavy atom. The third kappa shape index (κ3) is 4.38. The van der Waals surface area contributed by atoms with Crippen molar-refractivity contribution in [3.05, 3.63) is 47.8 Å². The van der Waals surface area contributed by atoms with Gasteiger partial charge in [0.1, 0.15) is 5.75 Å².